The predicted molar refractivity (Wildman–Crippen MR) is 84.8 cm³/mol. The van der Waals surface area contributed by atoms with Crippen molar-refractivity contribution in [1.29, 1.82) is 0 Å². The number of nitrogens with zero attached hydrogens (tertiary/aromatic N) is 1. The average molecular weight is 301 g/mol. The van der Waals surface area contributed by atoms with Gasteiger partial charge in [0.1, 0.15) is 5.82 Å². The summed E-state index contributed by atoms with van der Waals surface area (Å²) in [7, 11) is 4.12. The van der Waals surface area contributed by atoms with Crippen molar-refractivity contribution in [3.63, 3.8) is 0 Å². The van der Waals surface area contributed by atoms with Gasteiger partial charge >= 0.3 is 0 Å². The zero-order valence-electron chi connectivity index (χ0n) is 13.1. The van der Waals surface area contributed by atoms with Gasteiger partial charge in [-0.15, -0.1) is 0 Å². The van der Waals surface area contributed by atoms with Crippen LogP contribution < -0.4 is 5.32 Å². The van der Waals surface area contributed by atoms with Crippen molar-refractivity contribution in [2.45, 2.75) is 45.2 Å². The lowest BCUT2D eigenvalue weighted by Crippen LogP contribution is -2.53. The smallest absolute Gasteiger partial charge is 0.129 e. The lowest BCUT2D eigenvalue weighted by Gasteiger charge is -2.45. The Labute approximate surface area is 127 Å². The number of rotatable bonds is 7. The van der Waals surface area contributed by atoms with Gasteiger partial charge in [0.25, 0.3) is 0 Å². The molecule has 0 saturated carbocycles. The quantitative estimate of drug-likeness (QED) is 0.810. The molecule has 1 atom stereocenters. The highest BCUT2D eigenvalue weighted by Gasteiger charge is 2.39. The molecular formula is C16H26ClFN2. The first-order valence-electron chi connectivity index (χ1n) is 7.28. The van der Waals surface area contributed by atoms with Crippen LogP contribution in [0.4, 0.5) is 4.39 Å². The van der Waals surface area contributed by atoms with Gasteiger partial charge in [0.05, 0.1) is 6.04 Å². The van der Waals surface area contributed by atoms with Crippen LogP contribution in [-0.4, -0.2) is 31.1 Å². The van der Waals surface area contributed by atoms with Gasteiger partial charge < -0.3 is 10.2 Å². The van der Waals surface area contributed by atoms with Crippen LogP contribution in [-0.2, 0) is 0 Å². The Morgan fingerprint density at radius 2 is 1.85 bits per heavy atom. The highest BCUT2D eigenvalue weighted by Crippen LogP contribution is 2.37. The Bertz CT molecular complexity index is 430. The maximum Gasteiger partial charge on any atom is 0.129 e. The van der Waals surface area contributed by atoms with Crippen molar-refractivity contribution in [3.05, 3.63) is 34.6 Å². The molecule has 20 heavy (non-hydrogen) atoms. The minimum atomic E-state index is -0.239. The number of likely N-dealkylation sites (N-methyl/N-ethyl adjacent to an activating group) is 2. The molecule has 2 nitrogen and oxygen atoms in total. The number of halogens is 2. The fourth-order valence-corrected chi connectivity index (χ4v) is 3.24. The Balaban J connectivity index is 3.34. The zero-order valence-corrected chi connectivity index (χ0v) is 13.9. The van der Waals surface area contributed by atoms with Crippen LogP contribution >= 0.6 is 11.6 Å². The first-order chi connectivity index (χ1) is 9.42. The molecule has 0 amide bonds. The van der Waals surface area contributed by atoms with E-state index in [9.17, 15) is 4.39 Å². The summed E-state index contributed by atoms with van der Waals surface area (Å²) in [6.07, 6.45) is 1.88. The Morgan fingerprint density at radius 3 is 2.25 bits per heavy atom. The molecule has 0 aliphatic heterocycles. The first-order valence-corrected chi connectivity index (χ1v) is 7.66. The summed E-state index contributed by atoms with van der Waals surface area (Å²) < 4.78 is 14.3. The van der Waals surface area contributed by atoms with Crippen LogP contribution in [0, 0.1) is 5.82 Å². The van der Waals surface area contributed by atoms with Gasteiger partial charge in [-0.1, -0.05) is 38.4 Å². The molecule has 0 saturated heterocycles. The summed E-state index contributed by atoms with van der Waals surface area (Å²) in [5.74, 6) is -0.239. The molecule has 0 aliphatic rings. The van der Waals surface area contributed by atoms with Crippen molar-refractivity contribution < 1.29 is 4.39 Å². The summed E-state index contributed by atoms with van der Waals surface area (Å²) in [6, 6.07) is 4.90. The Morgan fingerprint density at radius 1 is 1.25 bits per heavy atom. The molecule has 1 N–H and O–H groups in total. The van der Waals surface area contributed by atoms with Gasteiger partial charge in [-0.2, -0.15) is 0 Å². The third-order valence-corrected chi connectivity index (χ3v) is 4.57. The van der Waals surface area contributed by atoms with E-state index in [-0.39, 0.29) is 17.4 Å². The van der Waals surface area contributed by atoms with Crippen molar-refractivity contribution >= 4 is 11.6 Å². The van der Waals surface area contributed by atoms with E-state index in [2.05, 4.69) is 38.2 Å². The Hall–Kier alpha value is -0.640. The maximum atomic E-state index is 14.3. The predicted octanol–water partition coefficient (Wildman–Crippen LogP) is 4.25. The highest BCUT2D eigenvalue weighted by atomic mass is 35.5. The SMILES string of the molecule is CCNC(c1ccc(Cl)cc1F)C(CC)(CC)N(C)C. The van der Waals surface area contributed by atoms with Gasteiger partial charge in [-0.3, -0.25) is 0 Å². The second-order valence-corrected chi connectivity index (χ2v) is 5.80. The minimum absolute atomic E-state index is 0.0604. The molecule has 4 heteroatoms. The highest BCUT2D eigenvalue weighted by molar-refractivity contribution is 6.30. The van der Waals surface area contributed by atoms with Crippen LogP contribution in [0.15, 0.2) is 18.2 Å². The van der Waals surface area contributed by atoms with E-state index < -0.39 is 0 Å². The van der Waals surface area contributed by atoms with E-state index in [1.807, 2.05) is 6.92 Å². The lowest BCUT2D eigenvalue weighted by atomic mass is 9.79. The van der Waals surface area contributed by atoms with E-state index in [1.165, 1.54) is 6.07 Å². The molecule has 0 aromatic heterocycles. The zero-order chi connectivity index (χ0) is 15.3. The maximum absolute atomic E-state index is 14.3. The normalized spacial score (nSPS) is 13.8. The van der Waals surface area contributed by atoms with Crippen LogP contribution in [0.3, 0.4) is 0 Å². The largest absolute Gasteiger partial charge is 0.309 e. The van der Waals surface area contributed by atoms with Gasteiger partial charge in [0, 0.05) is 16.1 Å². The number of nitrogens with one attached hydrogen (secondary N) is 1. The molecule has 0 bridgehead atoms. The summed E-state index contributed by atoms with van der Waals surface area (Å²) in [6.45, 7) is 7.15. The van der Waals surface area contributed by atoms with Crippen molar-refractivity contribution in [1.82, 2.24) is 10.2 Å². The molecule has 0 aliphatic carbocycles. The average Bonchev–Trinajstić information content (AvgIpc) is 2.39. The molecule has 0 fully saturated rings. The van der Waals surface area contributed by atoms with Crippen LogP contribution in [0.25, 0.3) is 0 Å². The van der Waals surface area contributed by atoms with E-state index in [0.29, 0.717) is 10.6 Å². The molecule has 0 spiro atoms. The molecular weight excluding hydrogens is 275 g/mol. The molecule has 0 radical (unpaired) electrons. The summed E-state index contributed by atoms with van der Waals surface area (Å²) in [5, 5.41) is 3.89. The Kier molecular flexibility index (Phi) is 6.44. The van der Waals surface area contributed by atoms with Crippen molar-refractivity contribution in [2.24, 2.45) is 0 Å². The van der Waals surface area contributed by atoms with Gasteiger partial charge in [0.15, 0.2) is 0 Å². The van der Waals surface area contributed by atoms with Crippen molar-refractivity contribution in [2.75, 3.05) is 20.6 Å². The summed E-state index contributed by atoms with van der Waals surface area (Å²) in [5.41, 5.74) is 0.568. The van der Waals surface area contributed by atoms with Gasteiger partial charge in [-0.25, -0.2) is 4.39 Å². The van der Waals surface area contributed by atoms with Gasteiger partial charge in [-0.05, 0) is 45.6 Å². The summed E-state index contributed by atoms with van der Waals surface area (Å²) >= 11 is 5.87. The molecule has 114 valence electrons. The molecule has 1 rings (SSSR count). The minimum Gasteiger partial charge on any atom is -0.309 e. The third-order valence-electron chi connectivity index (χ3n) is 4.33. The lowest BCUT2D eigenvalue weighted by molar-refractivity contribution is 0.0872. The van der Waals surface area contributed by atoms with Crippen LogP contribution in [0.5, 0.6) is 0 Å². The molecule has 1 aromatic carbocycles. The number of benzene rings is 1. The first kappa shape index (κ1) is 17.4. The number of hydrogen-bond donors (Lipinski definition) is 1. The molecule has 1 unspecified atom stereocenters. The van der Waals surface area contributed by atoms with E-state index in [0.717, 1.165) is 19.4 Å². The third kappa shape index (κ3) is 3.33. The van der Waals surface area contributed by atoms with Crippen molar-refractivity contribution in [3.8, 4) is 0 Å². The van der Waals surface area contributed by atoms with Gasteiger partial charge in [0.2, 0.25) is 0 Å². The second kappa shape index (κ2) is 7.39. The monoisotopic (exact) mass is 300 g/mol. The van der Waals surface area contributed by atoms with E-state index in [1.54, 1.807) is 12.1 Å². The molecule has 0 heterocycles. The number of hydrogen-bond acceptors (Lipinski definition) is 2. The summed E-state index contributed by atoms with van der Waals surface area (Å²) in [4.78, 5) is 2.20. The van der Waals surface area contributed by atoms with Crippen LogP contribution in [0.2, 0.25) is 5.02 Å². The topological polar surface area (TPSA) is 15.3 Å². The van der Waals surface area contributed by atoms with Crippen LogP contribution in [0.1, 0.15) is 45.2 Å². The second-order valence-electron chi connectivity index (χ2n) is 5.36. The fraction of sp³-hybridized carbons (Fsp3) is 0.625. The van der Waals surface area contributed by atoms with E-state index >= 15 is 0 Å². The molecule has 1 aromatic rings. The standard InChI is InChI=1S/C16H26ClFN2/c1-6-16(7-2,20(4)5)15(19-8-3)13-10-9-12(17)11-14(13)18/h9-11,15,19H,6-8H2,1-5H3. The van der Waals surface area contributed by atoms with E-state index in [4.69, 9.17) is 11.6 Å². The fourth-order valence-electron chi connectivity index (χ4n) is 3.08.